The standard InChI is InChI=1S/C12H24N2OS/c1-3-6-11-10-14-12(16-11)13-7-5-9-15-8-4-2/h11H,3-10H2,1-2H3,(H,13,14). The summed E-state index contributed by atoms with van der Waals surface area (Å²) in [4.78, 5) is 4.50. The Kier molecular flexibility index (Phi) is 7.68. The molecule has 16 heavy (non-hydrogen) atoms. The number of ether oxygens (including phenoxy) is 1. The molecule has 0 aliphatic carbocycles. The van der Waals surface area contributed by atoms with Gasteiger partial charge in [0.1, 0.15) is 0 Å². The van der Waals surface area contributed by atoms with Crippen molar-refractivity contribution in [3.63, 3.8) is 0 Å². The molecule has 3 nitrogen and oxygen atoms in total. The van der Waals surface area contributed by atoms with E-state index in [9.17, 15) is 0 Å². The molecule has 0 saturated heterocycles. The number of nitrogens with zero attached hydrogens (tertiary/aromatic N) is 1. The van der Waals surface area contributed by atoms with Gasteiger partial charge >= 0.3 is 0 Å². The van der Waals surface area contributed by atoms with E-state index in [0.717, 1.165) is 44.3 Å². The van der Waals surface area contributed by atoms with E-state index in [1.165, 1.54) is 12.8 Å². The van der Waals surface area contributed by atoms with Crippen LogP contribution in [0.4, 0.5) is 0 Å². The molecule has 0 aromatic heterocycles. The number of hydrogen-bond acceptors (Lipinski definition) is 4. The van der Waals surface area contributed by atoms with Crippen LogP contribution in [0.2, 0.25) is 0 Å². The molecular formula is C12H24N2OS. The molecule has 1 aliphatic heterocycles. The van der Waals surface area contributed by atoms with Gasteiger partial charge in [0.05, 0.1) is 6.54 Å². The Bertz CT molecular complexity index is 209. The number of hydrogen-bond donors (Lipinski definition) is 1. The van der Waals surface area contributed by atoms with Gasteiger partial charge < -0.3 is 10.1 Å². The smallest absolute Gasteiger partial charge is 0.156 e. The minimum absolute atomic E-state index is 0.712. The first kappa shape index (κ1) is 13.8. The lowest BCUT2D eigenvalue weighted by molar-refractivity contribution is 0.133. The van der Waals surface area contributed by atoms with E-state index in [1.54, 1.807) is 0 Å². The minimum Gasteiger partial charge on any atom is -0.381 e. The van der Waals surface area contributed by atoms with Crippen molar-refractivity contribution in [3.05, 3.63) is 0 Å². The van der Waals surface area contributed by atoms with E-state index >= 15 is 0 Å². The van der Waals surface area contributed by atoms with Crippen molar-refractivity contribution in [1.29, 1.82) is 0 Å². The van der Waals surface area contributed by atoms with E-state index in [0.29, 0.717) is 5.25 Å². The van der Waals surface area contributed by atoms with Crippen LogP contribution < -0.4 is 5.32 Å². The van der Waals surface area contributed by atoms with Gasteiger partial charge in [0, 0.05) is 25.0 Å². The van der Waals surface area contributed by atoms with Gasteiger partial charge in [-0.1, -0.05) is 32.0 Å². The van der Waals surface area contributed by atoms with E-state index in [-0.39, 0.29) is 0 Å². The van der Waals surface area contributed by atoms with Gasteiger partial charge in [0.15, 0.2) is 5.17 Å². The molecule has 1 heterocycles. The van der Waals surface area contributed by atoms with Gasteiger partial charge in [-0.3, -0.25) is 4.99 Å². The zero-order chi connectivity index (χ0) is 11.6. The molecular weight excluding hydrogens is 220 g/mol. The Labute approximate surface area is 103 Å². The molecule has 4 heteroatoms. The van der Waals surface area contributed by atoms with Crippen LogP contribution in [-0.4, -0.2) is 36.7 Å². The summed E-state index contributed by atoms with van der Waals surface area (Å²) >= 11 is 1.90. The van der Waals surface area contributed by atoms with Crippen molar-refractivity contribution in [2.24, 2.45) is 4.99 Å². The van der Waals surface area contributed by atoms with Gasteiger partial charge in [-0.15, -0.1) is 0 Å². The van der Waals surface area contributed by atoms with E-state index < -0.39 is 0 Å². The normalized spacial score (nSPS) is 19.9. The Morgan fingerprint density at radius 1 is 1.38 bits per heavy atom. The minimum atomic E-state index is 0.712. The molecule has 0 aromatic rings. The summed E-state index contributed by atoms with van der Waals surface area (Å²) < 4.78 is 5.42. The summed E-state index contributed by atoms with van der Waals surface area (Å²) in [6.07, 6.45) is 4.71. The highest BCUT2D eigenvalue weighted by atomic mass is 32.2. The Morgan fingerprint density at radius 3 is 3.00 bits per heavy atom. The number of amidine groups is 1. The van der Waals surface area contributed by atoms with Crippen molar-refractivity contribution >= 4 is 16.9 Å². The predicted octanol–water partition coefficient (Wildman–Crippen LogP) is 2.66. The molecule has 1 N–H and O–H groups in total. The van der Waals surface area contributed by atoms with Gasteiger partial charge in [-0.2, -0.15) is 0 Å². The SMILES string of the molecule is CCCOCCCNC1=NCC(CCC)S1. The Balaban J connectivity index is 1.94. The second kappa shape index (κ2) is 8.88. The lowest BCUT2D eigenvalue weighted by atomic mass is 10.2. The van der Waals surface area contributed by atoms with Gasteiger partial charge in [0.2, 0.25) is 0 Å². The monoisotopic (exact) mass is 244 g/mol. The first-order chi connectivity index (χ1) is 7.86. The van der Waals surface area contributed by atoms with Crippen molar-refractivity contribution in [1.82, 2.24) is 5.32 Å². The van der Waals surface area contributed by atoms with Crippen LogP contribution in [0.25, 0.3) is 0 Å². The maximum Gasteiger partial charge on any atom is 0.156 e. The van der Waals surface area contributed by atoms with Gasteiger partial charge in [-0.05, 0) is 19.3 Å². The van der Waals surface area contributed by atoms with Crippen LogP contribution in [-0.2, 0) is 4.74 Å². The van der Waals surface area contributed by atoms with Crippen LogP contribution in [0.3, 0.4) is 0 Å². The highest BCUT2D eigenvalue weighted by Crippen LogP contribution is 2.23. The van der Waals surface area contributed by atoms with E-state index in [4.69, 9.17) is 4.74 Å². The molecule has 1 unspecified atom stereocenters. The van der Waals surface area contributed by atoms with E-state index in [2.05, 4.69) is 24.2 Å². The van der Waals surface area contributed by atoms with Crippen molar-refractivity contribution in [2.45, 2.75) is 44.8 Å². The van der Waals surface area contributed by atoms with Crippen molar-refractivity contribution in [3.8, 4) is 0 Å². The van der Waals surface area contributed by atoms with E-state index in [1.807, 2.05) is 11.8 Å². The van der Waals surface area contributed by atoms with Crippen molar-refractivity contribution in [2.75, 3.05) is 26.3 Å². The molecule has 0 amide bonds. The molecule has 1 atom stereocenters. The fraction of sp³-hybridized carbons (Fsp3) is 0.917. The number of thioether (sulfide) groups is 1. The highest BCUT2D eigenvalue weighted by Gasteiger charge is 2.17. The number of aliphatic imine (C=N–C) groups is 1. The molecule has 94 valence electrons. The molecule has 1 aliphatic rings. The Morgan fingerprint density at radius 2 is 2.25 bits per heavy atom. The van der Waals surface area contributed by atoms with Crippen LogP contribution in [0, 0.1) is 0 Å². The Hall–Kier alpha value is -0.220. The third kappa shape index (κ3) is 5.75. The summed E-state index contributed by atoms with van der Waals surface area (Å²) in [7, 11) is 0. The summed E-state index contributed by atoms with van der Waals surface area (Å²) in [6, 6.07) is 0. The van der Waals surface area contributed by atoms with Crippen LogP contribution in [0.15, 0.2) is 4.99 Å². The maximum atomic E-state index is 5.42. The molecule has 0 bridgehead atoms. The zero-order valence-corrected chi connectivity index (χ0v) is 11.3. The van der Waals surface area contributed by atoms with Crippen LogP contribution >= 0.6 is 11.8 Å². The third-order valence-corrected chi connectivity index (χ3v) is 3.63. The summed E-state index contributed by atoms with van der Waals surface area (Å²) in [6.45, 7) is 8.08. The summed E-state index contributed by atoms with van der Waals surface area (Å²) in [5, 5.41) is 5.23. The lowest BCUT2D eigenvalue weighted by Gasteiger charge is -2.07. The molecule has 0 saturated carbocycles. The average Bonchev–Trinajstić information content (AvgIpc) is 2.72. The summed E-state index contributed by atoms with van der Waals surface area (Å²) in [5.41, 5.74) is 0. The lowest BCUT2D eigenvalue weighted by Crippen LogP contribution is -2.21. The average molecular weight is 244 g/mol. The second-order valence-electron chi connectivity index (χ2n) is 4.07. The third-order valence-electron chi connectivity index (χ3n) is 2.42. The van der Waals surface area contributed by atoms with Crippen LogP contribution in [0.5, 0.6) is 0 Å². The predicted molar refractivity (Wildman–Crippen MR) is 72.3 cm³/mol. The molecule has 0 spiro atoms. The van der Waals surface area contributed by atoms with Crippen LogP contribution in [0.1, 0.15) is 39.5 Å². The molecule has 0 radical (unpaired) electrons. The fourth-order valence-electron chi connectivity index (χ4n) is 1.60. The molecule has 1 rings (SSSR count). The number of rotatable bonds is 8. The second-order valence-corrected chi connectivity index (χ2v) is 5.36. The first-order valence-corrected chi connectivity index (χ1v) is 7.27. The topological polar surface area (TPSA) is 33.6 Å². The molecule has 0 aromatic carbocycles. The largest absolute Gasteiger partial charge is 0.381 e. The van der Waals surface area contributed by atoms with Crippen molar-refractivity contribution < 1.29 is 4.74 Å². The summed E-state index contributed by atoms with van der Waals surface area (Å²) in [5.74, 6) is 0. The highest BCUT2D eigenvalue weighted by molar-refractivity contribution is 8.14. The van der Waals surface area contributed by atoms with Gasteiger partial charge in [0.25, 0.3) is 0 Å². The maximum absolute atomic E-state index is 5.42. The fourth-order valence-corrected chi connectivity index (χ4v) is 2.76. The first-order valence-electron chi connectivity index (χ1n) is 6.39. The zero-order valence-electron chi connectivity index (χ0n) is 10.5. The quantitative estimate of drug-likeness (QED) is 0.666. The molecule has 0 fully saturated rings. The van der Waals surface area contributed by atoms with Gasteiger partial charge in [-0.25, -0.2) is 0 Å². The number of nitrogens with one attached hydrogen (secondary N) is 1.